The minimum Gasteiger partial charge on any atom is -0.494 e. The Hall–Kier alpha value is -1.42. The van der Waals surface area contributed by atoms with Crippen LogP contribution in [0, 0.1) is 0 Å². The van der Waals surface area contributed by atoms with Crippen LogP contribution in [0.1, 0.15) is 13.8 Å². The van der Waals surface area contributed by atoms with Gasteiger partial charge in [0.15, 0.2) is 0 Å². The van der Waals surface area contributed by atoms with Crippen LogP contribution < -0.4 is 15.2 Å². The first kappa shape index (κ1) is 12.6. The van der Waals surface area contributed by atoms with E-state index in [-0.39, 0.29) is 6.10 Å². The third-order valence-corrected chi connectivity index (χ3v) is 1.95. The number of methoxy groups -OCH3 is 1. The number of ether oxygens (including phenoxy) is 3. The smallest absolute Gasteiger partial charge is 0.125 e. The van der Waals surface area contributed by atoms with E-state index < -0.39 is 0 Å². The van der Waals surface area contributed by atoms with Gasteiger partial charge in [0.05, 0.1) is 13.2 Å². The minimum absolute atomic E-state index is 0.0127. The van der Waals surface area contributed by atoms with Gasteiger partial charge in [-0.15, -0.1) is 0 Å². The second-order valence-corrected chi connectivity index (χ2v) is 3.55. The molecule has 1 aromatic carbocycles. The van der Waals surface area contributed by atoms with Crippen LogP contribution in [0.25, 0.3) is 0 Å². The maximum Gasteiger partial charge on any atom is 0.125 e. The van der Waals surface area contributed by atoms with Crippen LogP contribution in [-0.2, 0) is 4.74 Å². The van der Waals surface area contributed by atoms with Crippen molar-refractivity contribution in [2.24, 2.45) is 0 Å². The molecule has 90 valence electrons. The summed E-state index contributed by atoms with van der Waals surface area (Å²) in [6, 6.07) is 5.37. The van der Waals surface area contributed by atoms with Crippen molar-refractivity contribution < 1.29 is 14.2 Å². The molecule has 4 heteroatoms. The molecule has 0 aromatic heterocycles. The fourth-order valence-electron chi connectivity index (χ4n) is 1.41. The first-order valence-electron chi connectivity index (χ1n) is 5.34. The van der Waals surface area contributed by atoms with Gasteiger partial charge in [0.1, 0.15) is 17.6 Å². The molecule has 2 N–H and O–H groups in total. The predicted molar refractivity (Wildman–Crippen MR) is 64.0 cm³/mol. The van der Waals surface area contributed by atoms with Crippen molar-refractivity contribution >= 4 is 5.69 Å². The molecular formula is C12H19NO3. The molecule has 0 radical (unpaired) electrons. The van der Waals surface area contributed by atoms with E-state index in [1.165, 1.54) is 0 Å². The number of hydrogen-bond acceptors (Lipinski definition) is 4. The van der Waals surface area contributed by atoms with E-state index in [1.54, 1.807) is 19.2 Å². The Morgan fingerprint density at radius 1 is 1.25 bits per heavy atom. The van der Waals surface area contributed by atoms with Gasteiger partial charge >= 0.3 is 0 Å². The Morgan fingerprint density at radius 3 is 2.56 bits per heavy atom. The topological polar surface area (TPSA) is 53.7 Å². The lowest BCUT2D eigenvalue weighted by atomic mass is 10.3. The fourth-order valence-corrected chi connectivity index (χ4v) is 1.41. The molecule has 4 nitrogen and oxygen atoms in total. The SMILES string of the molecule is CCOc1cc(N)cc(OC(C)COC)c1. The predicted octanol–water partition coefficient (Wildman–Crippen LogP) is 2.08. The zero-order chi connectivity index (χ0) is 12.0. The van der Waals surface area contributed by atoms with Gasteiger partial charge < -0.3 is 19.9 Å². The number of hydrogen-bond donors (Lipinski definition) is 1. The normalized spacial score (nSPS) is 12.2. The zero-order valence-corrected chi connectivity index (χ0v) is 10.0. The summed E-state index contributed by atoms with van der Waals surface area (Å²) >= 11 is 0. The van der Waals surface area contributed by atoms with E-state index in [0.717, 1.165) is 5.75 Å². The number of nitrogens with two attached hydrogens (primary N) is 1. The highest BCUT2D eigenvalue weighted by atomic mass is 16.5. The summed E-state index contributed by atoms with van der Waals surface area (Å²) in [5, 5.41) is 0. The van der Waals surface area contributed by atoms with Crippen molar-refractivity contribution in [1.82, 2.24) is 0 Å². The Kier molecular flexibility index (Phi) is 4.92. The van der Waals surface area contributed by atoms with Gasteiger partial charge in [-0.05, 0) is 13.8 Å². The zero-order valence-electron chi connectivity index (χ0n) is 10.0. The Bertz CT molecular complexity index is 328. The van der Waals surface area contributed by atoms with Crippen LogP contribution >= 0.6 is 0 Å². The lowest BCUT2D eigenvalue weighted by Crippen LogP contribution is -2.18. The molecule has 1 unspecified atom stereocenters. The van der Waals surface area contributed by atoms with Crippen LogP contribution in [0.15, 0.2) is 18.2 Å². The lowest BCUT2D eigenvalue weighted by Gasteiger charge is -2.15. The molecule has 0 heterocycles. The second kappa shape index (κ2) is 6.23. The Morgan fingerprint density at radius 2 is 1.94 bits per heavy atom. The summed E-state index contributed by atoms with van der Waals surface area (Å²) in [5.41, 5.74) is 6.38. The van der Waals surface area contributed by atoms with Gasteiger partial charge in [0.25, 0.3) is 0 Å². The first-order chi connectivity index (χ1) is 7.65. The van der Waals surface area contributed by atoms with Gasteiger partial charge in [-0.3, -0.25) is 0 Å². The summed E-state index contributed by atoms with van der Waals surface area (Å²) in [7, 11) is 1.64. The van der Waals surface area contributed by atoms with Crippen LogP contribution in [0.3, 0.4) is 0 Å². The van der Waals surface area contributed by atoms with Gasteiger partial charge in [-0.25, -0.2) is 0 Å². The summed E-state index contributed by atoms with van der Waals surface area (Å²) < 4.78 is 16.0. The molecule has 0 amide bonds. The minimum atomic E-state index is -0.0127. The molecule has 1 rings (SSSR count). The third kappa shape index (κ3) is 3.98. The summed E-state index contributed by atoms with van der Waals surface area (Å²) in [6.45, 7) is 5.01. The lowest BCUT2D eigenvalue weighted by molar-refractivity contribution is 0.0919. The molecule has 0 saturated carbocycles. The molecular weight excluding hydrogens is 206 g/mol. The van der Waals surface area contributed by atoms with E-state index in [0.29, 0.717) is 24.7 Å². The van der Waals surface area contributed by atoms with Crippen LogP contribution in [0.4, 0.5) is 5.69 Å². The third-order valence-electron chi connectivity index (χ3n) is 1.95. The highest BCUT2D eigenvalue weighted by Crippen LogP contribution is 2.25. The van der Waals surface area contributed by atoms with E-state index in [9.17, 15) is 0 Å². The molecule has 0 spiro atoms. The number of anilines is 1. The molecule has 0 bridgehead atoms. The van der Waals surface area contributed by atoms with E-state index in [1.807, 2.05) is 19.9 Å². The molecule has 0 aliphatic heterocycles. The Balaban J connectivity index is 2.71. The molecule has 0 fully saturated rings. The summed E-state index contributed by atoms with van der Waals surface area (Å²) in [5.74, 6) is 1.43. The molecule has 1 atom stereocenters. The van der Waals surface area contributed by atoms with Crippen molar-refractivity contribution in [2.45, 2.75) is 20.0 Å². The molecule has 16 heavy (non-hydrogen) atoms. The van der Waals surface area contributed by atoms with E-state index >= 15 is 0 Å². The van der Waals surface area contributed by atoms with Gasteiger partial charge in [0.2, 0.25) is 0 Å². The summed E-state index contributed by atoms with van der Waals surface area (Å²) in [4.78, 5) is 0. The van der Waals surface area contributed by atoms with Crippen molar-refractivity contribution in [2.75, 3.05) is 26.1 Å². The Labute approximate surface area is 96.3 Å². The maximum absolute atomic E-state index is 5.75. The van der Waals surface area contributed by atoms with Crippen molar-refractivity contribution in [3.05, 3.63) is 18.2 Å². The molecule has 0 aliphatic rings. The standard InChI is InChI=1S/C12H19NO3/c1-4-15-11-5-10(13)6-12(7-11)16-9(2)8-14-3/h5-7,9H,4,8,13H2,1-3H3. The maximum atomic E-state index is 5.75. The fraction of sp³-hybridized carbons (Fsp3) is 0.500. The van der Waals surface area contributed by atoms with E-state index in [4.69, 9.17) is 19.9 Å². The van der Waals surface area contributed by atoms with Crippen molar-refractivity contribution in [1.29, 1.82) is 0 Å². The average Bonchev–Trinajstić information content (AvgIpc) is 2.17. The second-order valence-electron chi connectivity index (χ2n) is 3.55. The van der Waals surface area contributed by atoms with Crippen LogP contribution in [-0.4, -0.2) is 26.4 Å². The van der Waals surface area contributed by atoms with Gasteiger partial charge in [-0.2, -0.15) is 0 Å². The van der Waals surface area contributed by atoms with Crippen LogP contribution in [0.5, 0.6) is 11.5 Å². The van der Waals surface area contributed by atoms with Gasteiger partial charge in [0, 0.05) is 31.0 Å². The highest BCUT2D eigenvalue weighted by Gasteiger charge is 2.05. The van der Waals surface area contributed by atoms with Crippen molar-refractivity contribution in [3.63, 3.8) is 0 Å². The number of benzene rings is 1. The van der Waals surface area contributed by atoms with E-state index in [2.05, 4.69) is 0 Å². The van der Waals surface area contributed by atoms with Crippen molar-refractivity contribution in [3.8, 4) is 11.5 Å². The summed E-state index contributed by atoms with van der Waals surface area (Å²) in [6.07, 6.45) is -0.0127. The number of rotatable bonds is 6. The monoisotopic (exact) mass is 225 g/mol. The first-order valence-corrected chi connectivity index (χ1v) is 5.34. The largest absolute Gasteiger partial charge is 0.494 e. The van der Waals surface area contributed by atoms with Crippen LogP contribution in [0.2, 0.25) is 0 Å². The average molecular weight is 225 g/mol. The molecule has 0 saturated heterocycles. The number of nitrogen functional groups attached to an aromatic ring is 1. The molecule has 0 aliphatic carbocycles. The molecule has 1 aromatic rings. The highest BCUT2D eigenvalue weighted by molar-refractivity contribution is 5.50. The quantitative estimate of drug-likeness (QED) is 0.753. The van der Waals surface area contributed by atoms with Gasteiger partial charge in [-0.1, -0.05) is 0 Å².